The van der Waals surface area contributed by atoms with Gasteiger partial charge in [0.05, 0.1) is 37.0 Å². The number of hydrogen-bond donors (Lipinski definition) is 1. The predicted octanol–water partition coefficient (Wildman–Crippen LogP) is 5.34. The number of carbonyl (C=O) groups excluding carboxylic acids is 3. The van der Waals surface area contributed by atoms with Crippen molar-refractivity contribution in [3.63, 3.8) is 0 Å². The van der Waals surface area contributed by atoms with E-state index in [1.165, 1.54) is 48.5 Å². The Morgan fingerprint density at radius 1 is 0.609 bits per heavy atom. The van der Waals surface area contributed by atoms with E-state index in [4.69, 9.17) is 28.4 Å². The molecule has 2 aliphatic rings. The maximum Gasteiger partial charge on any atom is 0.343 e. The first-order valence-electron chi connectivity index (χ1n) is 14.5. The standard InChI is InChI=1S/C36H30O10/c1-41-28-16-6-23(7-17-28)3-2-22-4-8-24(9-5-22)35(39)45-30-20-42-33-31(21-43-32(30)33)46-36(40)26-12-18-29(19-13-26)44-34(38)25-10-14-27(37)15-11-25/h2-19,30-33,37H,20-21H2,1H3/b3-2+. The summed E-state index contributed by atoms with van der Waals surface area (Å²) in [6, 6.07) is 26.3. The summed E-state index contributed by atoms with van der Waals surface area (Å²) in [5.41, 5.74) is 2.85. The Bertz CT molecular complexity index is 1710. The fraction of sp³-hybridized carbons (Fsp3) is 0.194. The fourth-order valence-electron chi connectivity index (χ4n) is 5.10. The van der Waals surface area contributed by atoms with E-state index in [1.54, 1.807) is 19.2 Å². The van der Waals surface area contributed by atoms with Crippen LogP contribution in [0, 0.1) is 0 Å². The lowest BCUT2D eigenvalue weighted by Gasteiger charge is -2.17. The average Bonchev–Trinajstić information content (AvgIpc) is 3.67. The average molecular weight is 623 g/mol. The minimum atomic E-state index is -0.690. The summed E-state index contributed by atoms with van der Waals surface area (Å²) in [7, 11) is 1.62. The molecule has 0 radical (unpaired) electrons. The molecule has 1 N–H and O–H groups in total. The second-order valence-corrected chi connectivity index (χ2v) is 10.7. The molecular formula is C36H30O10. The van der Waals surface area contributed by atoms with Crippen LogP contribution in [-0.2, 0) is 18.9 Å². The largest absolute Gasteiger partial charge is 0.508 e. The van der Waals surface area contributed by atoms with Crippen molar-refractivity contribution in [2.45, 2.75) is 24.4 Å². The summed E-state index contributed by atoms with van der Waals surface area (Å²) in [5.74, 6) is -0.646. The zero-order chi connectivity index (χ0) is 32.0. The Labute approximate surface area is 264 Å². The summed E-state index contributed by atoms with van der Waals surface area (Å²) in [4.78, 5) is 38.0. The molecule has 0 spiro atoms. The van der Waals surface area contributed by atoms with E-state index in [0.717, 1.165) is 16.9 Å². The van der Waals surface area contributed by atoms with Crippen LogP contribution in [0.4, 0.5) is 0 Å². The third kappa shape index (κ3) is 7.09. The quantitative estimate of drug-likeness (QED) is 0.149. The highest BCUT2D eigenvalue weighted by molar-refractivity contribution is 5.92. The molecule has 6 rings (SSSR count). The second kappa shape index (κ2) is 13.7. The highest BCUT2D eigenvalue weighted by atomic mass is 16.7. The lowest BCUT2D eigenvalue weighted by Crippen LogP contribution is -2.36. The van der Waals surface area contributed by atoms with E-state index in [9.17, 15) is 19.5 Å². The molecule has 2 fully saturated rings. The van der Waals surface area contributed by atoms with Crippen molar-refractivity contribution >= 4 is 30.1 Å². The molecule has 4 unspecified atom stereocenters. The van der Waals surface area contributed by atoms with Gasteiger partial charge in [0.25, 0.3) is 0 Å². The molecule has 4 aromatic carbocycles. The van der Waals surface area contributed by atoms with E-state index < -0.39 is 42.3 Å². The topological polar surface area (TPSA) is 127 Å². The number of esters is 3. The van der Waals surface area contributed by atoms with Gasteiger partial charge in [-0.25, -0.2) is 14.4 Å². The molecule has 46 heavy (non-hydrogen) atoms. The van der Waals surface area contributed by atoms with Crippen molar-refractivity contribution in [3.8, 4) is 17.2 Å². The second-order valence-electron chi connectivity index (χ2n) is 10.7. The van der Waals surface area contributed by atoms with Crippen molar-refractivity contribution in [1.29, 1.82) is 0 Å². The maximum absolute atomic E-state index is 12.9. The normalized spacial score (nSPS) is 20.2. The summed E-state index contributed by atoms with van der Waals surface area (Å²) < 4.78 is 33.5. The predicted molar refractivity (Wildman–Crippen MR) is 166 cm³/mol. The highest BCUT2D eigenvalue weighted by Crippen LogP contribution is 2.32. The molecule has 2 aliphatic heterocycles. The third-order valence-corrected chi connectivity index (χ3v) is 7.61. The number of fused-ring (bicyclic) bond motifs is 1. The molecule has 2 heterocycles. The van der Waals surface area contributed by atoms with Gasteiger partial charge in [0.15, 0.2) is 12.2 Å². The Hall–Kier alpha value is -5.45. The molecule has 0 aliphatic carbocycles. The summed E-state index contributed by atoms with van der Waals surface area (Å²) in [6.07, 6.45) is 1.41. The SMILES string of the molecule is COc1ccc(/C=C/c2ccc(C(=O)OC3COC4C(OC(=O)c5ccc(OC(=O)c6ccc(O)cc6)cc5)COC34)cc2)cc1. The van der Waals surface area contributed by atoms with E-state index in [2.05, 4.69) is 0 Å². The van der Waals surface area contributed by atoms with Gasteiger partial charge < -0.3 is 33.5 Å². The summed E-state index contributed by atoms with van der Waals surface area (Å²) in [5, 5.41) is 9.38. The van der Waals surface area contributed by atoms with Crippen molar-refractivity contribution < 1.29 is 47.9 Å². The number of phenols is 1. The first kappa shape index (κ1) is 30.6. The molecule has 4 aromatic rings. The Morgan fingerprint density at radius 3 is 1.52 bits per heavy atom. The molecule has 10 heteroatoms. The van der Waals surface area contributed by atoms with E-state index >= 15 is 0 Å². The van der Waals surface area contributed by atoms with E-state index in [-0.39, 0.29) is 35.8 Å². The van der Waals surface area contributed by atoms with Crippen LogP contribution in [-0.4, -0.2) is 67.8 Å². The highest BCUT2D eigenvalue weighted by Gasteiger charge is 2.51. The van der Waals surface area contributed by atoms with Crippen molar-refractivity contribution in [2.24, 2.45) is 0 Å². The fourth-order valence-corrected chi connectivity index (χ4v) is 5.10. The minimum Gasteiger partial charge on any atom is -0.508 e. The van der Waals surface area contributed by atoms with Gasteiger partial charge in [-0.1, -0.05) is 36.4 Å². The Morgan fingerprint density at radius 2 is 1.02 bits per heavy atom. The number of rotatable bonds is 9. The summed E-state index contributed by atoms with van der Waals surface area (Å²) in [6.45, 7) is 0.200. The van der Waals surface area contributed by atoms with Gasteiger partial charge in [-0.15, -0.1) is 0 Å². The third-order valence-electron chi connectivity index (χ3n) is 7.61. The molecule has 0 aromatic heterocycles. The molecule has 0 saturated carbocycles. The van der Waals surface area contributed by atoms with Crippen molar-refractivity contribution in [3.05, 3.63) is 125 Å². The van der Waals surface area contributed by atoms with Crippen molar-refractivity contribution in [2.75, 3.05) is 20.3 Å². The molecule has 2 saturated heterocycles. The first-order valence-corrected chi connectivity index (χ1v) is 14.5. The smallest absolute Gasteiger partial charge is 0.343 e. The van der Waals surface area contributed by atoms with Gasteiger partial charge in [0.2, 0.25) is 0 Å². The van der Waals surface area contributed by atoms with E-state index in [0.29, 0.717) is 5.56 Å². The first-order chi connectivity index (χ1) is 22.4. The van der Waals surface area contributed by atoms with Crippen LogP contribution in [0.25, 0.3) is 12.2 Å². The monoisotopic (exact) mass is 622 g/mol. The zero-order valence-electron chi connectivity index (χ0n) is 24.7. The van der Waals surface area contributed by atoms with Crippen LogP contribution in [0.1, 0.15) is 42.2 Å². The number of hydrogen-bond acceptors (Lipinski definition) is 10. The van der Waals surface area contributed by atoms with Gasteiger partial charge in [0, 0.05) is 0 Å². The Balaban J connectivity index is 0.986. The van der Waals surface area contributed by atoms with Gasteiger partial charge >= 0.3 is 17.9 Å². The molecule has 234 valence electrons. The number of benzene rings is 4. The number of methoxy groups -OCH3 is 1. The summed E-state index contributed by atoms with van der Waals surface area (Å²) >= 11 is 0. The maximum atomic E-state index is 12.9. The molecular weight excluding hydrogens is 592 g/mol. The molecule has 4 atom stereocenters. The molecule has 0 amide bonds. The number of phenolic OH excluding ortho intramolecular Hbond substituents is 1. The van der Waals surface area contributed by atoms with Crippen LogP contribution < -0.4 is 9.47 Å². The molecule has 10 nitrogen and oxygen atoms in total. The lowest BCUT2D eigenvalue weighted by atomic mass is 10.1. The van der Waals surface area contributed by atoms with E-state index in [1.807, 2.05) is 48.6 Å². The van der Waals surface area contributed by atoms with Gasteiger partial charge in [-0.3, -0.25) is 0 Å². The van der Waals surface area contributed by atoms with Crippen LogP contribution in [0.3, 0.4) is 0 Å². The van der Waals surface area contributed by atoms with Crippen molar-refractivity contribution in [1.82, 2.24) is 0 Å². The van der Waals surface area contributed by atoms with Gasteiger partial charge in [-0.2, -0.15) is 0 Å². The van der Waals surface area contributed by atoms with Gasteiger partial charge in [-0.05, 0) is 83.9 Å². The van der Waals surface area contributed by atoms with Crippen LogP contribution in [0.5, 0.6) is 17.2 Å². The van der Waals surface area contributed by atoms with Crippen LogP contribution >= 0.6 is 0 Å². The lowest BCUT2D eigenvalue weighted by molar-refractivity contribution is -0.0287. The zero-order valence-corrected chi connectivity index (χ0v) is 24.7. The van der Waals surface area contributed by atoms with Gasteiger partial charge in [0.1, 0.15) is 29.5 Å². The van der Waals surface area contributed by atoms with Crippen LogP contribution in [0.15, 0.2) is 97.1 Å². The number of carbonyl (C=O) groups is 3. The number of ether oxygens (including phenoxy) is 6. The molecule has 0 bridgehead atoms. The Kier molecular flexibility index (Phi) is 9.09. The number of aromatic hydroxyl groups is 1. The minimum absolute atomic E-state index is 0.0368. The van der Waals surface area contributed by atoms with Crippen LogP contribution in [0.2, 0.25) is 0 Å².